The van der Waals surface area contributed by atoms with E-state index in [2.05, 4.69) is 67.4 Å². The average molecular weight is 357 g/mol. The van der Waals surface area contributed by atoms with E-state index in [-0.39, 0.29) is 0 Å². The fourth-order valence-corrected chi connectivity index (χ4v) is 2.68. The summed E-state index contributed by atoms with van der Waals surface area (Å²) in [5, 5.41) is 6.66. The lowest BCUT2D eigenvalue weighted by Gasteiger charge is -2.37. The summed E-state index contributed by atoms with van der Waals surface area (Å²) in [6.07, 6.45) is 2.85. The Bertz CT molecular complexity index is 455. The molecule has 7 heteroatoms. The van der Waals surface area contributed by atoms with Crippen molar-refractivity contribution in [2.45, 2.75) is 19.4 Å². The molecule has 2 rings (SSSR count). The summed E-state index contributed by atoms with van der Waals surface area (Å²) in [6.45, 7) is 7.21. The van der Waals surface area contributed by atoms with E-state index in [1.807, 2.05) is 0 Å². The van der Waals surface area contributed by atoms with Crippen molar-refractivity contribution in [3.63, 3.8) is 0 Å². The number of aromatic nitrogens is 2. The Hall–Kier alpha value is -0.920. The number of anilines is 2. The SMILES string of the molecule is CCCNc1ncc(Br)c(NCC2CN(C)CCN2C)n1. The molecule has 1 fully saturated rings. The highest BCUT2D eigenvalue weighted by molar-refractivity contribution is 9.10. The first-order valence-corrected chi connectivity index (χ1v) is 8.28. The van der Waals surface area contributed by atoms with Gasteiger partial charge in [-0.05, 0) is 36.4 Å². The van der Waals surface area contributed by atoms with Crippen LogP contribution in [0.1, 0.15) is 13.3 Å². The van der Waals surface area contributed by atoms with E-state index in [4.69, 9.17) is 0 Å². The zero-order valence-corrected chi connectivity index (χ0v) is 14.7. The average Bonchev–Trinajstić information content (AvgIpc) is 2.48. The molecule has 1 unspecified atom stereocenters. The van der Waals surface area contributed by atoms with Crippen molar-refractivity contribution in [2.75, 3.05) is 57.5 Å². The van der Waals surface area contributed by atoms with Crippen LogP contribution >= 0.6 is 15.9 Å². The van der Waals surface area contributed by atoms with Crippen LogP contribution in [0, 0.1) is 0 Å². The number of nitrogens with one attached hydrogen (secondary N) is 2. The Balaban J connectivity index is 1.95. The molecule has 2 N–H and O–H groups in total. The second-order valence-electron chi connectivity index (χ2n) is 5.59. The van der Waals surface area contributed by atoms with Crippen LogP contribution in [0.5, 0.6) is 0 Å². The normalized spacial score (nSPS) is 20.5. The van der Waals surface area contributed by atoms with Gasteiger partial charge in [0.25, 0.3) is 0 Å². The van der Waals surface area contributed by atoms with E-state index in [1.165, 1.54) is 0 Å². The maximum absolute atomic E-state index is 4.53. The third kappa shape index (κ3) is 4.79. The van der Waals surface area contributed by atoms with Crippen LogP contribution < -0.4 is 10.6 Å². The molecule has 118 valence electrons. The van der Waals surface area contributed by atoms with E-state index in [0.29, 0.717) is 12.0 Å². The van der Waals surface area contributed by atoms with Gasteiger partial charge in [0.2, 0.25) is 5.95 Å². The van der Waals surface area contributed by atoms with Gasteiger partial charge >= 0.3 is 0 Å². The van der Waals surface area contributed by atoms with Crippen molar-refractivity contribution in [3.05, 3.63) is 10.7 Å². The van der Waals surface area contributed by atoms with Crippen molar-refractivity contribution in [3.8, 4) is 0 Å². The molecule has 0 saturated carbocycles. The number of nitrogens with zero attached hydrogens (tertiary/aromatic N) is 4. The molecule has 1 aromatic rings. The van der Waals surface area contributed by atoms with Gasteiger partial charge in [0.1, 0.15) is 5.82 Å². The summed E-state index contributed by atoms with van der Waals surface area (Å²) < 4.78 is 0.899. The third-order valence-electron chi connectivity index (χ3n) is 3.76. The Labute approximate surface area is 135 Å². The molecular formula is C14H25BrN6. The largest absolute Gasteiger partial charge is 0.367 e. The Morgan fingerprint density at radius 3 is 2.90 bits per heavy atom. The summed E-state index contributed by atoms with van der Waals surface area (Å²) in [4.78, 5) is 13.6. The standard InChI is InChI=1S/C14H25BrN6/c1-4-5-16-14-18-9-12(15)13(19-14)17-8-11-10-20(2)6-7-21(11)3/h9,11H,4-8,10H2,1-3H3,(H2,16,17,18,19). The van der Waals surface area contributed by atoms with E-state index in [0.717, 1.165) is 49.4 Å². The summed E-state index contributed by atoms with van der Waals surface area (Å²) in [5.41, 5.74) is 0. The van der Waals surface area contributed by atoms with Gasteiger partial charge in [-0.2, -0.15) is 4.98 Å². The van der Waals surface area contributed by atoms with E-state index < -0.39 is 0 Å². The van der Waals surface area contributed by atoms with E-state index in [9.17, 15) is 0 Å². The first-order valence-electron chi connectivity index (χ1n) is 7.49. The molecule has 1 aliphatic rings. The van der Waals surface area contributed by atoms with Gasteiger partial charge in [0, 0.05) is 45.0 Å². The molecule has 1 aromatic heterocycles. The second-order valence-corrected chi connectivity index (χ2v) is 6.45. The zero-order valence-electron chi connectivity index (χ0n) is 13.1. The highest BCUT2D eigenvalue weighted by atomic mass is 79.9. The van der Waals surface area contributed by atoms with Crippen LogP contribution in [0.2, 0.25) is 0 Å². The van der Waals surface area contributed by atoms with Crippen LogP contribution in [0.4, 0.5) is 11.8 Å². The smallest absolute Gasteiger partial charge is 0.224 e. The molecule has 0 aliphatic carbocycles. The molecule has 0 spiro atoms. The minimum atomic E-state index is 0.498. The van der Waals surface area contributed by atoms with Crippen molar-refractivity contribution in [2.24, 2.45) is 0 Å². The fraction of sp³-hybridized carbons (Fsp3) is 0.714. The van der Waals surface area contributed by atoms with Gasteiger partial charge in [-0.1, -0.05) is 6.92 Å². The van der Waals surface area contributed by atoms with Crippen LogP contribution in [0.15, 0.2) is 10.7 Å². The first-order chi connectivity index (χ1) is 10.1. The molecule has 1 saturated heterocycles. The lowest BCUT2D eigenvalue weighted by atomic mass is 10.2. The summed E-state index contributed by atoms with van der Waals surface area (Å²) >= 11 is 3.51. The molecule has 0 amide bonds. The number of hydrogen-bond donors (Lipinski definition) is 2. The monoisotopic (exact) mass is 356 g/mol. The zero-order chi connectivity index (χ0) is 15.2. The molecule has 0 bridgehead atoms. The lowest BCUT2D eigenvalue weighted by Crippen LogP contribution is -2.52. The van der Waals surface area contributed by atoms with Crippen LogP contribution in [0.3, 0.4) is 0 Å². The van der Waals surface area contributed by atoms with Crippen molar-refractivity contribution in [1.82, 2.24) is 19.8 Å². The number of piperazine rings is 1. The predicted octanol–water partition coefficient (Wildman–Crippen LogP) is 1.72. The molecule has 6 nitrogen and oxygen atoms in total. The van der Waals surface area contributed by atoms with E-state index >= 15 is 0 Å². The highest BCUT2D eigenvalue weighted by Gasteiger charge is 2.22. The van der Waals surface area contributed by atoms with Gasteiger partial charge in [-0.3, -0.25) is 4.90 Å². The molecule has 0 radical (unpaired) electrons. The van der Waals surface area contributed by atoms with Gasteiger partial charge in [-0.25, -0.2) is 4.98 Å². The number of rotatable bonds is 6. The third-order valence-corrected chi connectivity index (χ3v) is 4.34. The Morgan fingerprint density at radius 1 is 1.33 bits per heavy atom. The number of halogens is 1. The molecule has 2 heterocycles. The van der Waals surface area contributed by atoms with Crippen molar-refractivity contribution < 1.29 is 0 Å². The summed E-state index contributed by atoms with van der Waals surface area (Å²) in [6, 6.07) is 0.498. The van der Waals surface area contributed by atoms with Gasteiger partial charge < -0.3 is 15.5 Å². The fourth-order valence-electron chi connectivity index (χ4n) is 2.35. The summed E-state index contributed by atoms with van der Waals surface area (Å²) in [7, 11) is 4.36. The Kier molecular flexibility index (Phi) is 6.20. The topological polar surface area (TPSA) is 56.3 Å². The van der Waals surface area contributed by atoms with Crippen molar-refractivity contribution >= 4 is 27.7 Å². The maximum atomic E-state index is 4.53. The second kappa shape index (κ2) is 7.91. The van der Waals surface area contributed by atoms with Crippen LogP contribution in [-0.2, 0) is 0 Å². The van der Waals surface area contributed by atoms with E-state index in [1.54, 1.807) is 6.20 Å². The molecule has 0 aromatic carbocycles. The molecule has 21 heavy (non-hydrogen) atoms. The lowest BCUT2D eigenvalue weighted by molar-refractivity contribution is 0.122. The number of hydrogen-bond acceptors (Lipinski definition) is 6. The maximum Gasteiger partial charge on any atom is 0.224 e. The van der Waals surface area contributed by atoms with Crippen molar-refractivity contribution in [1.29, 1.82) is 0 Å². The molecule has 1 atom stereocenters. The first kappa shape index (κ1) is 16.5. The predicted molar refractivity (Wildman–Crippen MR) is 90.9 cm³/mol. The minimum absolute atomic E-state index is 0.498. The molecular weight excluding hydrogens is 332 g/mol. The quantitative estimate of drug-likeness (QED) is 0.809. The Morgan fingerprint density at radius 2 is 2.14 bits per heavy atom. The number of likely N-dealkylation sites (N-methyl/N-ethyl adjacent to an activating group) is 2. The highest BCUT2D eigenvalue weighted by Crippen LogP contribution is 2.20. The van der Waals surface area contributed by atoms with Gasteiger partial charge in [-0.15, -0.1) is 0 Å². The van der Waals surface area contributed by atoms with Gasteiger partial charge in [0.15, 0.2) is 0 Å². The molecule has 1 aliphatic heterocycles. The van der Waals surface area contributed by atoms with Gasteiger partial charge in [0.05, 0.1) is 4.47 Å². The summed E-state index contributed by atoms with van der Waals surface area (Å²) in [5.74, 6) is 1.53. The van der Waals surface area contributed by atoms with Crippen LogP contribution in [-0.4, -0.2) is 72.6 Å². The van der Waals surface area contributed by atoms with Crippen LogP contribution in [0.25, 0.3) is 0 Å². The minimum Gasteiger partial charge on any atom is -0.367 e.